The van der Waals surface area contributed by atoms with Crippen LogP contribution in [-0.4, -0.2) is 5.78 Å². The summed E-state index contributed by atoms with van der Waals surface area (Å²) in [4.78, 5) is 11.7. The predicted molar refractivity (Wildman–Crippen MR) is 141 cm³/mol. The van der Waals surface area contributed by atoms with Crippen molar-refractivity contribution in [3.05, 3.63) is 0 Å². The van der Waals surface area contributed by atoms with Gasteiger partial charge < -0.3 is 0 Å². The normalized spacial score (nSPS) is 12.5. The van der Waals surface area contributed by atoms with Gasteiger partial charge >= 0.3 is 0 Å². The second-order valence-electron chi connectivity index (χ2n) is 10.8. The van der Waals surface area contributed by atoms with Crippen molar-refractivity contribution in [2.24, 2.45) is 11.8 Å². The van der Waals surface area contributed by atoms with Gasteiger partial charge in [0, 0.05) is 12.3 Å². The molecule has 0 aliphatic heterocycles. The first kappa shape index (κ1) is 30.7. The minimum atomic E-state index is 0.215. The van der Waals surface area contributed by atoms with Crippen molar-refractivity contribution in [3.63, 3.8) is 0 Å². The summed E-state index contributed by atoms with van der Waals surface area (Å²) in [5.74, 6) is 1.38. The minimum Gasteiger partial charge on any atom is -0.299 e. The Balaban J connectivity index is 3.14. The summed E-state index contributed by atoms with van der Waals surface area (Å²) in [6.07, 6.45) is 32.1. The second kappa shape index (κ2) is 24.3. The maximum Gasteiger partial charge on any atom is 0.135 e. The zero-order valence-electron chi connectivity index (χ0n) is 22.3. The summed E-state index contributed by atoms with van der Waals surface area (Å²) in [6.45, 7) is 8.66. The first-order chi connectivity index (χ1) is 15.1. The fraction of sp³-hybridized carbons (Fsp3) is 0.967. The Kier molecular flexibility index (Phi) is 24.1. The third kappa shape index (κ3) is 24.1. The molecule has 1 nitrogen and oxygen atoms in total. The van der Waals surface area contributed by atoms with Gasteiger partial charge in [0.1, 0.15) is 5.78 Å². The van der Waals surface area contributed by atoms with E-state index in [0.717, 1.165) is 18.8 Å². The van der Waals surface area contributed by atoms with Crippen LogP contribution < -0.4 is 0 Å². The Morgan fingerprint density at radius 1 is 0.484 bits per heavy atom. The molecule has 0 N–H and O–H groups in total. The molecular formula is C30H60O. The summed E-state index contributed by atoms with van der Waals surface area (Å²) < 4.78 is 0. The van der Waals surface area contributed by atoms with Crippen molar-refractivity contribution < 1.29 is 4.79 Å². The summed E-state index contributed by atoms with van der Waals surface area (Å²) >= 11 is 0. The Hall–Kier alpha value is -0.330. The number of carbonyl (C=O) groups excluding carboxylic acids is 1. The maximum absolute atomic E-state index is 11.7. The highest BCUT2D eigenvalue weighted by Gasteiger charge is 2.09. The molecule has 0 aromatic carbocycles. The van der Waals surface area contributed by atoms with Crippen LogP contribution >= 0.6 is 0 Å². The van der Waals surface area contributed by atoms with E-state index in [2.05, 4.69) is 13.8 Å². The van der Waals surface area contributed by atoms with Crippen LogP contribution in [-0.2, 0) is 4.79 Å². The van der Waals surface area contributed by atoms with Gasteiger partial charge in [-0.25, -0.2) is 0 Å². The second-order valence-corrected chi connectivity index (χ2v) is 10.8. The van der Waals surface area contributed by atoms with E-state index in [4.69, 9.17) is 0 Å². The molecule has 0 amide bonds. The quantitative estimate of drug-likeness (QED) is 0.130. The van der Waals surface area contributed by atoms with Crippen LogP contribution in [0.5, 0.6) is 0 Å². The highest BCUT2D eigenvalue weighted by Crippen LogP contribution is 2.18. The van der Waals surface area contributed by atoms with E-state index >= 15 is 0 Å². The Labute approximate surface area is 197 Å². The molecule has 0 aliphatic carbocycles. The lowest BCUT2D eigenvalue weighted by molar-refractivity contribution is -0.122. The van der Waals surface area contributed by atoms with E-state index in [-0.39, 0.29) is 5.92 Å². The van der Waals surface area contributed by atoms with Gasteiger partial charge in [0.25, 0.3) is 0 Å². The number of carbonyl (C=O) groups is 1. The van der Waals surface area contributed by atoms with Crippen LogP contribution in [0.15, 0.2) is 0 Å². The van der Waals surface area contributed by atoms with Gasteiger partial charge in [-0.15, -0.1) is 0 Å². The number of ketones is 1. The molecule has 0 fully saturated rings. The van der Waals surface area contributed by atoms with Gasteiger partial charge in [0.2, 0.25) is 0 Å². The molecule has 0 aromatic heterocycles. The predicted octanol–water partition coefficient (Wildman–Crippen LogP) is 10.8. The molecule has 0 aliphatic rings. The molecule has 1 atom stereocenters. The lowest BCUT2D eigenvalue weighted by Crippen LogP contribution is -2.08. The highest BCUT2D eigenvalue weighted by atomic mass is 16.1. The fourth-order valence-electron chi connectivity index (χ4n) is 4.57. The fourth-order valence-corrected chi connectivity index (χ4v) is 4.57. The van der Waals surface area contributed by atoms with Crippen LogP contribution in [0.3, 0.4) is 0 Å². The van der Waals surface area contributed by atoms with Gasteiger partial charge in [-0.2, -0.15) is 0 Å². The molecule has 0 radical (unpaired) electrons. The molecule has 0 bridgehead atoms. The van der Waals surface area contributed by atoms with Gasteiger partial charge in [-0.1, -0.05) is 163 Å². The summed E-state index contributed by atoms with van der Waals surface area (Å²) in [5.41, 5.74) is 0. The monoisotopic (exact) mass is 436 g/mol. The van der Waals surface area contributed by atoms with Crippen LogP contribution in [0.2, 0.25) is 0 Å². The van der Waals surface area contributed by atoms with Crippen molar-refractivity contribution in [2.75, 3.05) is 0 Å². The van der Waals surface area contributed by atoms with E-state index in [0.29, 0.717) is 5.78 Å². The maximum atomic E-state index is 11.7. The van der Waals surface area contributed by atoms with Gasteiger partial charge in [0.05, 0.1) is 0 Å². The lowest BCUT2D eigenvalue weighted by atomic mass is 9.94. The number of Topliss-reactive ketones (excluding diaryl/α,β-unsaturated/α-hetero) is 1. The number of hydrogen-bond acceptors (Lipinski definition) is 1. The molecule has 31 heavy (non-hydrogen) atoms. The molecule has 0 rings (SSSR count). The Morgan fingerprint density at radius 3 is 1.13 bits per heavy atom. The first-order valence-corrected chi connectivity index (χ1v) is 14.6. The van der Waals surface area contributed by atoms with E-state index < -0.39 is 0 Å². The zero-order valence-corrected chi connectivity index (χ0v) is 22.3. The molecule has 0 spiro atoms. The highest BCUT2D eigenvalue weighted by molar-refractivity contribution is 5.80. The molecule has 0 saturated heterocycles. The standard InChI is InChI=1S/C30H60O/c1-5-6-7-8-9-10-11-12-13-14-15-16-17-18-19-20-21-22-23-24-25-29(4)26-27-30(31)28(2)3/h28-29H,5-27H2,1-4H3. The first-order valence-electron chi connectivity index (χ1n) is 14.6. The lowest BCUT2D eigenvalue weighted by Gasteiger charge is -2.11. The topological polar surface area (TPSA) is 17.1 Å². The van der Waals surface area contributed by atoms with Crippen molar-refractivity contribution >= 4 is 5.78 Å². The Morgan fingerprint density at radius 2 is 0.806 bits per heavy atom. The van der Waals surface area contributed by atoms with Crippen LogP contribution in [0.25, 0.3) is 0 Å². The number of unbranched alkanes of at least 4 members (excludes halogenated alkanes) is 19. The van der Waals surface area contributed by atoms with Gasteiger partial charge in [-0.3, -0.25) is 4.79 Å². The smallest absolute Gasteiger partial charge is 0.135 e. The molecule has 1 unspecified atom stereocenters. The average Bonchev–Trinajstić information content (AvgIpc) is 2.76. The van der Waals surface area contributed by atoms with Crippen LogP contribution in [0, 0.1) is 11.8 Å². The van der Waals surface area contributed by atoms with E-state index in [1.807, 2.05) is 13.8 Å². The third-order valence-electron chi connectivity index (χ3n) is 7.08. The van der Waals surface area contributed by atoms with Crippen molar-refractivity contribution in [3.8, 4) is 0 Å². The van der Waals surface area contributed by atoms with E-state index in [9.17, 15) is 4.79 Å². The van der Waals surface area contributed by atoms with E-state index in [1.165, 1.54) is 135 Å². The minimum absolute atomic E-state index is 0.215. The zero-order chi connectivity index (χ0) is 23.0. The molecular weight excluding hydrogens is 376 g/mol. The number of hydrogen-bond donors (Lipinski definition) is 0. The average molecular weight is 437 g/mol. The van der Waals surface area contributed by atoms with Crippen LogP contribution in [0.4, 0.5) is 0 Å². The largest absolute Gasteiger partial charge is 0.299 e. The molecule has 0 aromatic rings. The van der Waals surface area contributed by atoms with E-state index in [1.54, 1.807) is 0 Å². The summed E-state index contributed by atoms with van der Waals surface area (Å²) in [5, 5.41) is 0. The van der Waals surface area contributed by atoms with Crippen LogP contribution in [0.1, 0.15) is 175 Å². The van der Waals surface area contributed by atoms with Gasteiger partial charge in [-0.05, 0) is 12.3 Å². The van der Waals surface area contributed by atoms with Crippen molar-refractivity contribution in [1.29, 1.82) is 0 Å². The van der Waals surface area contributed by atoms with Gasteiger partial charge in [0.15, 0.2) is 0 Å². The SMILES string of the molecule is CCCCCCCCCCCCCCCCCCCCCCC(C)CCC(=O)C(C)C. The molecule has 0 heterocycles. The van der Waals surface area contributed by atoms with Crippen molar-refractivity contribution in [1.82, 2.24) is 0 Å². The molecule has 186 valence electrons. The number of rotatable bonds is 25. The van der Waals surface area contributed by atoms with Crippen molar-refractivity contribution in [2.45, 2.75) is 175 Å². The summed E-state index contributed by atoms with van der Waals surface area (Å²) in [6, 6.07) is 0. The molecule has 1 heteroatoms. The Bertz CT molecular complexity index is 359. The third-order valence-corrected chi connectivity index (χ3v) is 7.08. The molecule has 0 saturated carbocycles. The summed E-state index contributed by atoms with van der Waals surface area (Å²) in [7, 11) is 0.